The van der Waals surface area contributed by atoms with Gasteiger partial charge in [-0.15, -0.1) is 0 Å². The molecule has 0 spiro atoms. The van der Waals surface area contributed by atoms with E-state index in [1.807, 2.05) is 0 Å². The van der Waals surface area contributed by atoms with Gasteiger partial charge in [0.1, 0.15) is 11.4 Å². The Kier molecular flexibility index (Phi) is 6.47. The number of halogens is 2. The van der Waals surface area contributed by atoms with Crippen molar-refractivity contribution in [3.05, 3.63) is 18.2 Å². The normalized spacial score (nSPS) is 11.4. The Bertz CT molecular complexity index is 540. The molecule has 0 aliphatic rings. The smallest absolute Gasteiger partial charge is 0.407 e. The Morgan fingerprint density at radius 3 is 2.65 bits per heavy atom. The van der Waals surface area contributed by atoms with Gasteiger partial charge in [0.2, 0.25) is 5.91 Å². The molecule has 130 valence electrons. The predicted octanol–water partition coefficient (Wildman–Crippen LogP) is 2.15. The maximum absolute atomic E-state index is 12.7. The summed E-state index contributed by atoms with van der Waals surface area (Å²) in [5.41, 5.74) is -0.614. The van der Waals surface area contributed by atoms with Crippen LogP contribution in [0.4, 0.5) is 13.6 Å². The van der Waals surface area contributed by atoms with Gasteiger partial charge in [-0.05, 0) is 20.8 Å². The largest absolute Gasteiger partial charge is 0.444 e. The number of aromatic nitrogens is 2. The van der Waals surface area contributed by atoms with Crippen molar-refractivity contribution in [3.8, 4) is 0 Å². The van der Waals surface area contributed by atoms with Crippen LogP contribution in [-0.2, 0) is 16.1 Å². The lowest BCUT2D eigenvalue weighted by atomic mass is 10.2. The first-order valence-electron chi connectivity index (χ1n) is 7.11. The van der Waals surface area contributed by atoms with Crippen molar-refractivity contribution < 1.29 is 23.1 Å². The van der Waals surface area contributed by atoms with E-state index in [0.717, 1.165) is 6.20 Å². The van der Waals surface area contributed by atoms with Crippen LogP contribution in [0.1, 0.15) is 39.6 Å². The van der Waals surface area contributed by atoms with E-state index in [4.69, 9.17) is 4.74 Å². The lowest BCUT2D eigenvalue weighted by molar-refractivity contribution is -0.130. The molecule has 0 aliphatic carbocycles. The number of nitrogens with zero attached hydrogens (tertiary/aromatic N) is 3. The first-order valence-corrected chi connectivity index (χ1v) is 7.11. The number of hydrogen-bond acceptors (Lipinski definition) is 4. The lowest BCUT2D eigenvalue weighted by Gasteiger charge is -2.20. The summed E-state index contributed by atoms with van der Waals surface area (Å²) in [7, 11) is 1.49. The number of hydrogen-bond donors (Lipinski definition) is 1. The van der Waals surface area contributed by atoms with Crippen molar-refractivity contribution in [2.45, 2.75) is 45.9 Å². The van der Waals surface area contributed by atoms with Crippen LogP contribution < -0.4 is 5.32 Å². The summed E-state index contributed by atoms with van der Waals surface area (Å²) < 4.78 is 31.1. The van der Waals surface area contributed by atoms with E-state index in [1.165, 1.54) is 18.1 Å². The average molecular weight is 332 g/mol. The summed E-state index contributed by atoms with van der Waals surface area (Å²) in [6.07, 6.45) is 1.83. The molecule has 2 amide bonds. The first kappa shape index (κ1) is 18.9. The van der Waals surface area contributed by atoms with E-state index in [1.54, 1.807) is 20.8 Å². The highest BCUT2D eigenvalue weighted by molar-refractivity contribution is 5.76. The summed E-state index contributed by atoms with van der Waals surface area (Å²) in [5.74, 6) is -0.208. The number of carbonyl (C=O) groups excluding carboxylic acids is 2. The molecule has 23 heavy (non-hydrogen) atoms. The fourth-order valence-electron chi connectivity index (χ4n) is 1.72. The second-order valence-corrected chi connectivity index (χ2v) is 5.96. The molecule has 0 fully saturated rings. The van der Waals surface area contributed by atoms with Crippen LogP contribution in [0, 0.1) is 0 Å². The second kappa shape index (κ2) is 7.89. The van der Waals surface area contributed by atoms with Gasteiger partial charge in [0, 0.05) is 32.4 Å². The first-order chi connectivity index (χ1) is 10.6. The number of imidazole rings is 1. The fourth-order valence-corrected chi connectivity index (χ4v) is 1.72. The van der Waals surface area contributed by atoms with Crippen LogP contribution >= 0.6 is 0 Å². The highest BCUT2D eigenvalue weighted by Crippen LogP contribution is 2.13. The minimum atomic E-state index is -2.70. The molecule has 0 saturated heterocycles. The Labute approximate surface area is 133 Å². The van der Waals surface area contributed by atoms with Gasteiger partial charge in [0.25, 0.3) is 0 Å². The molecule has 0 atom stereocenters. The topological polar surface area (TPSA) is 76.5 Å². The molecule has 1 N–H and O–H groups in total. The van der Waals surface area contributed by atoms with Crippen molar-refractivity contribution in [3.63, 3.8) is 0 Å². The maximum atomic E-state index is 12.7. The summed E-state index contributed by atoms with van der Waals surface area (Å²) in [6.45, 7) is 2.55. The minimum absolute atomic E-state index is 0.0329. The summed E-state index contributed by atoms with van der Waals surface area (Å²) in [4.78, 5) is 28.4. The minimum Gasteiger partial charge on any atom is -0.444 e. The second-order valence-electron chi connectivity index (χ2n) is 5.96. The molecule has 1 aromatic rings. The molecule has 1 rings (SSSR count). The van der Waals surface area contributed by atoms with Crippen LogP contribution in [0.25, 0.3) is 0 Å². The third-order valence-electron chi connectivity index (χ3n) is 2.77. The van der Waals surface area contributed by atoms with Crippen LogP contribution in [0.5, 0.6) is 0 Å². The van der Waals surface area contributed by atoms with Gasteiger partial charge >= 0.3 is 12.6 Å². The third kappa shape index (κ3) is 6.62. The molecule has 0 aliphatic heterocycles. The van der Waals surface area contributed by atoms with Gasteiger partial charge in [0.05, 0.1) is 6.54 Å². The number of ether oxygens (including phenoxy) is 1. The molecule has 0 bridgehead atoms. The highest BCUT2D eigenvalue weighted by Gasteiger charge is 2.18. The average Bonchev–Trinajstić information content (AvgIpc) is 2.84. The Morgan fingerprint density at radius 1 is 1.43 bits per heavy atom. The van der Waals surface area contributed by atoms with Crippen LogP contribution in [0.3, 0.4) is 0 Å². The van der Waals surface area contributed by atoms with Gasteiger partial charge in [0.15, 0.2) is 0 Å². The lowest BCUT2D eigenvalue weighted by Crippen LogP contribution is -2.35. The van der Waals surface area contributed by atoms with Crippen molar-refractivity contribution >= 4 is 12.0 Å². The number of rotatable bonds is 6. The van der Waals surface area contributed by atoms with E-state index < -0.39 is 18.2 Å². The van der Waals surface area contributed by atoms with E-state index in [9.17, 15) is 18.4 Å². The van der Waals surface area contributed by atoms with Crippen molar-refractivity contribution in [1.29, 1.82) is 0 Å². The Morgan fingerprint density at radius 2 is 2.09 bits per heavy atom. The van der Waals surface area contributed by atoms with Gasteiger partial charge in [-0.2, -0.15) is 8.78 Å². The number of alkyl carbamates (subject to hydrolysis) is 1. The van der Waals surface area contributed by atoms with Crippen LogP contribution in [0.2, 0.25) is 0 Å². The maximum Gasteiger partial charge on any atom is 0.407 e. The van der Waals surface area contributed by atoms with E-state index in [-0.39, 0.29) is 31.2 Å². The standard InChI is InChI=1S/C14H22F2N4O3/c1-14(2,3)23-13(22)18-6-5-11(21)19(4)9-10-17-7-8-20(10)12(15)16/h7-8,12H,5-6,9H2,1-4H3,(H,18,22). The van der Waals surface area contributed by atoms with Crippen molar-refractivity contribution in [1.82, 2.24) is 19.8 Å². The van der Waals surface area contributed by atoms with E-state index >= 15 is 0 Å². The van der Waals surface area contributed by atoms with Crippen LogP contribution in [0.15, 0.2) is 12.4 Å². The number of amides is 2. The zero-order valence-electron chi connectivity index (χ0n) is 13.7. The molecule has 0 radical (unpaired) electrons. The summed E-state index contributed by atoms with van der Waals surface area (Å²) >= 11 is 0. The molecule has 9 heteroatoms. The van der Waals surface area contributed by atoms with Gasteiger partial charge in [-0.25, -0.2) is 9.78 Å². The number of nitrogens with one attached hydrogen (secondary N) is 1. The summed E-state index contributed by atoms with van der Waals surface area (Å²) in [5, 5.41) is 2.46. The zero-order valence-corrected chi connectivity index (χ0v) is 13.7. The molecule has 1 heterocycles. The van der Waals surface area contributed by atoms with Gasteiger partial charge in [-0.1, -0.05) is 0 Å². The molecular weight excluding hydrogens is 310 g/mol. The van der Waals surface area contributed by atoms with Crippen molar-refractivity contribution in [2.75, 3.05) is 13.6 Å². The molecule has 1 aromatic heterocycles. The molecule has 0 aromatic carbocycles. The number of carbonyl (C=O) groups is 2. The van der Waals surface area contributed by atoms with Crippen molar-refractivity contribution in [2.24, 2.45) is 0 Å². The van der Waals surface area contributed by atoms with E-state index in [2.05, 4.69) is 10.3 Å². The SMILES string of the molecule is CN(Cc1nccn1C(F)F)C(=O)CCNC(=O)OC(C)(C)C. The van der Waals surface area contributed by atoms with Gasteiger partial charge in [-0.3, -0.25) is 9.36 Å². The Hall–Kier alpha value is -2.19. The molecule has 0 unspecified atom stereocenters. The third-order valence-corrected chi connectivity index (χ3v) is 2.77. The summed E-state index contributed by atoms with van der Waals surface area (Å²) in [6, 6.07) is 0. The number of alkyl halides is 2. The molecule has 7 nitrogen and oxygen atoms in total. The van der Waals surface area contributed by atoms with Crippen LogP contribution in [-0.4, -0.2) is 45.6 Å². The van der Waals surface area contributed by atoms with Gasteiger partial charge < -0.3 is 15.0 Å². The monoisotopic (exact) mass is 332 g/mol. The zero-order chi connectivity index (χ0) is 17.6. The quantitative estimate of drug-likeness (QED) is 0.866. The highest BCUT2D eigenvalue weighted by atomic mass is 19.3. The van der Waals surface area contributed by atoms with E-state index in [0.29, 0.717) is 4.57 Å². The fraction of sp³-hybridized carbons (Fsp3) is 0.643. The molecular formula is C14H22F2N4O3. The predicted molar refractivity (Wildman–Crippen MR) is 78.8 cm³/mol. The molecule has 0 saturated carbocycles. The Balaban J connectivity index is 2.40.